The van der Waals surface area contributed by atoms with E-state index in [9.17, 15) is 9.59 Å². The van der Waals surface area contributed by atoms with Gasteiger partial charge in [0.05, 0.1) is 15.8 Å². The Hall–Kier alpha value is -1.69. The number of carbonyl (C=O) groups excluding carboxylic acids is 2. The monoisotopic (exact) mass is 494 g/mol. The average molecular weight is 496 g/mol. The molecule has 2 amide bonds. The number of carbonyl (C=O) groups is 2. The van der Waals surface area contributed by atoms with Crippen LogP contribution in [-0.4, -0.2) is 34.0 Å². The topological polar surface area (TPSA) is 49.4 Å². The molecule has 0 aliphatic heterocycles. The number of aryl methyl sites for hydroxylation is 1. The van der Waals surface area contributed by atoms with Gasteiger partial charge in [0.2, 0.25) is 11.8 Å². The van der Waals surface area contributed by atoms with Gasteiger partial charge in [0.25, 0.3) is 0 Å². The highest BCUT2D eigenvalue weighted by Gasteiger charge is 2.30. The van der Waals surface area contributed by atoms with Crippen molar-refractivity contribution in [1.82, 2.24) is 10.2 Å². The van der Waals surface area contributed by atoms with Crippen LogP contribution in [0.5, 0.6) is 0 Å². The molecule has 0 bridgehead atoms. The summed E-state index contributed by atoms with van der Waals surface area (Å²) >= 11 is 13.6. The smallest absolute Gasteiger partial charge is 0.243 e. The summed E-state index contributed by atoms with van der Waals surface area (Å²) in [7, 11) is 0. The predicted octanol–water partition coefficient (Wildman–Crippen LogP) is 6.26. The predicted molar refractivity (Wildman–Crippen MR) is 136 cm³/mol. The molecule has 174 valence electrons. The van der Waals surface area contributed by atoms with Gasteiger partial charge in [0.1, 0.15) is 6.04 Å². The van der Waals surface area contributed by atoms with Crippen LogP contribution in [0.1, 0.15) is 50.8 Å². The van der Waals surface area contributed by atoms with Gasteiger partial charge in [0.15, 0.2) is 0 Å². The zero-order chi connectivity index (χ0) is 23.9. The van der Waals surface area contributed by atoms with Crippen molar-refractivity contribution in [2.45, 2.75) is 64.9 Å². The van der Waals surface area contributed by atoms with Crippen molar-refractivity contribution in [3.63, 3.8) is 0 Å². The molecule has 1 N–H and O–H groups in total. The van der Waals surface area contributed by atoms with Gasteiger partial charge < -0.3 is 10.2 Å². The summed E-state index contributed by atoms with van der Waals surface area (Å²) < 4.78 is 0. The van der Waals surface area contributed by atoms with E-state index in [4.69, 9.17) is 23.2 Å². The normalized spacial score (nSPS) is 12.3. The van der Waals surface area contributed by atoms with Crippen LogP contribution in [0.15, 0.2) is 42.5 Å². The maximum absolute atomic E-state index is 13.3. The molecule has 0 saturated carbocycles. The molecule has 0 spiro atoms. The van der Waals surface area contributed by atoms with Gasteiger partial charge >= 0.3 is 0 Å². The number of hydrogen-bond donors (Lipinski definition) is 1. The molecule has 0 saturated heterocycles. The number of amides is 2. The Morgan fingerprint density at radius 2 is 1.66 bits per heavy atom. The van der Waals surface area contributed by atoms with Gasteiger partial charge in [-0.2, -0.15) is 0 Å². The summed E-state index contributed by atoms with van der Waals surface area (Å²) in [6.07, 6.45) is 0.539. The van der Waals surface area contributed by atoms with Crippen molar-refractivity contribution in [3.05, 3.63) is 69.2 Å². The van der Waals surface area contributed by atoms with Gasteiger partial charge in [-0.3, -0.25) is 9.59 Å². The molecule has 2 aromatic rings. The largest absolute Gasteiger partial charge is 0.350 e. The van der Waals surface area contributed by atoms with Gasteiger partial charge in [-0.05, 0) is 57.4 Å². The minimum absolute atomic E-state index is 0.0634. The Balaban J connectivity index is 2.15. The molecule has 2 aromatic carbocycles. The standard InChI is InChI=1S/C25H32Cl2N2O2S/c1-6-22(24(31)28-25(3,4)5)29(14-18-9-7-17(2)8-10-18)23(30)16-32-15-19-11-12-20(26)21(27)13-19/h7-13,22H,6,14-16H2,1-5H3,(H,28,31). The Morgan fingerprint density at radius 1 is 1.03 bits per heavy atom. The van der Waals surface area contributed by atoms with E-state index in [1.165, 1.54) is 11.8 Å². The second-order valence-corrected chi connectivity index (χ2v) is 10.7. The van der Waals surface area contributed by atoms with Crippen molar-refractivity contribution in [2.75, 3.05) is 5.75 Å². The Morgan fingerprint density at radius 3 is 2.22 bits per heavy atom. The number of thioether (sulfide) groups is 1. The number of hydrogen-bond acceptors (Lipinski definition) is 3. The molecule has 4 nitrogen and oxygen atoms in total. The molecule has 2 rings (SSSR count). The van der Waals surface area contributed by atoms with Crippen molar-refractivity contribution < 1.29 is 9.59 Å². The number of nitrogens with zero attached hydrogens (tertiary/aromatic N) is 1. The van der Waals surface area contributed by atoms with E-state index in [0.717, 1.165) is 16.7 Å². The van der Waals surface area contributed by atoms with Gasteiger partial charge in [-0.1, -0.05) is 66.0 Å². The second-order valence-electron chi connectivity index (χ2n) is 8.91. The second kappa shape index (κ2) is 12.0. The van der Waals surface area contributed by atoms with E-state index in [1.54, 1.807) is 11.0 Å². The molecular weight excluding hydrogens is 463 g/mol. The maximum atomic E-state index is 13.3. The van der Waals surface area contributed by atoms with Crippen LogP contribution < -0.4 is 5.32 Å². The van der Waals surface area contributed by atoms with E-state index in [1.807, 2.05) is 71.0 Å². The fraction of sp³-hybridized carbons (Fsp3) is 0.440. The first kappa shape index (κ1) is 26.6. The molecule has 0 radical (unpaired) electrons. The zero-order valence-corrected chi connectivity index (χ0v) is 21.7. The van der Waals surface area contributed by atoms with E-state index in [-0.39, 0.29) is 23.1 Å². The highest BCUT2D eigenvalue weighted by atomic mass is 35.5. The minimum atomic E-state index is -0.534. The highest BCUT2D eigenvalue weighted by Crippen LogP contribution is 2.25. The molecule has 0 fully saturated rings. The lowest BCUT2D eigenvalue weighted by Crippen LogP contribution is -2.53. The summed E-state index contributed by atoms with van der Waals surface area (Å²) in [5.41, 5.74) is 2.78. The lowest BCUT2D eigenvalue weighted by molar-refractivity contribution is -0.140. The molecule has 1 atom stereocenters. The SMILES string of the molecule is CCC(C(=O)NC(C)(C)C)N(Cc1ccc(C)cc1)C(=O)CSCc1ccc(Cl)c(Cl)c1. The average Bonchev–Trinajstić information content (AvgIpc) is 2.70. The Kier molecular flexibility index (Phi) is 9.93. The summed E-state index contributed by atoms with van der Waals surface area (Å²) in [5.74, 6) is 0.707. The van der Waals surface area contributed by atoms with Crippen LogP contribution in [-0.2, 0) is 21.9 Å². The van der Waals surface area contributed by atoms with Gasteiger partial charge in [-0.15, -0.1) is 11.8 Å². The Labute approximate surface area is 206 Å². The third-order valence-corrected chi connectivity index (χ3v) is 6.56. The van der Waals surface area contributed by atoms with Crippen molar-refractivity contribution in [3.8, 4) is 0 Å². The molecule has 32 heavy (non-hydrogen) atoms. The van der Waals surface area contributed by atoms with Crippen LogP contribution in [0.4, 0.5) is 0 Å². The molecule has 0 aromatic heterocycles. The molecule has 0 aliphatic carbocycles. The molecule has 0 heterocycles. The number of rotatable bonds is 9. The van der Waals surface area contributed by atoms with E-state index < -0.39 is 6.04 Å². The molecule has 7 heteroatoms. The number of nitrogens with one attached hydrogen (secondary N) is 1. The quantitative estimate of drug-likeness (QED) is 0.447. The summed E-state index contributed by atoms with van der Waals surface area (Å²) in [5, 5.41) is 4.04. The third-order valence-electron chi connectivity index (χ3n) is 4.84. The van der Waals surface area contributed by atoms with Crippen LogP contribution >= 0.6 is 35.0 Å². The van der Waals surface area contributed by atoms with E-state index in [0.29, 0.717) is 28.8 Å². The minimum Gasteiger partial charge on any atom is -0.350 e. The van der Waals surface area contributed by atoms with Crippen LogP contribution in [0.2, 0.25) is 10.0 Å². The molecule has 0 aliphatic rings. The maximum Gasteiger partial charge on any atom is 0.243 e. The zero-order valence-electron chi connectivity index (χ0n) is 19.4. The van der Waals surface area contributed by atoms with Crippen LogP contribution in [0.3, 0.4) is 0 Å². The molecular formula is C25H32Cl2N2O2S. The van der Waals surface area contributed by atoms with E-state index in [2.05, 4.69) is 5.32 Å². The lowest BCUT2D eigenvalue weighted by atomic mass is 10.1. The first-order valence-corrected chi connectivity index (χ1v) is 12.6. The van der Waals surface area contributed by atoms with Gasteiger partial charge in [-0.25, -0.2) is 0 Å². The van der Waals surface area contributed by atoms with Crippen LogP contribution in [0, 0.1) is 6.92 Å². The summed E-state index contributed by atoms with van der Waals surface area (Å²) in [6.45, 7) is 10.2. The first-order valence-electron chi connectivity index (χ1n) is 10.7. The fourth-order valence-corrected chi connectivity index (χ4v) is 4.41. The van der Waals surface area contributed by atoms with E-state index >= 15 is 0 Å². The number of benzene rings is 2. The van der Waals surface area contributed by atoms with Gasteiger partial charge in [0, 0.05) is 17.8 Å². The van der Waals surface area contributed by atoms with Crippen molar-refractivity contribution >= 4 is 46.8 Å². The Bertz CT molecular complexity index is 927. The van der Waals surface area contributed by atoms with Crippen molar-refractivity contribution in [2.24, 2.45) is 0 Å². The lowest BCUT2D eigenvalue weighted by Gasteiger charge is -2.33. The summed E-state index contributed by atoms with van der Waals surface area (Å²) in [4.78, 5) is 28.0. The third kappa shape index (κ3) is 8.34. The number of halogens is 2. The molecule has 1 unspecified atom stereocenters. The highest BCUT2D eigenvalue weighted by molar-refractivity contribution is 7.99. The fourth-order valence-electron chi connectivity index (χ4n) is 3.23. The van der Waals surface area contributed by atoms with Crippen molar-refractivity contribution in [1.29, 1.82) is 0 Å². The first-order chi connectivity index (χ1) is 15.0. The summed E-state index contributed by atoms with van der Waals surface area (Å²) in [6, 6.07) is 13.0. The van der Waals surface area contributed by atoms with Crippen LogP contribution in [0.25, 0.3) is 0 Å².